The highest BCUT2D eigenvalue weighted by Crippen LogP contribution is 2.22. The summed E-state index contributed by atoms with van der Waals surface area (Å²) in [4.78, 5) is 27.4. The lowest BCUT2D eigenvalue weighted by atomic mass is 10.1. The fourth-order valence-corrected chi connectivity index (χ4v) is 4.75. The van der Waals surface area contributed by atoms with Gasteiger partial charge in [-0.25, -0.2) is 8.42 Å². The van der Waals surface area contributed by atoms with Crippen LogP contribution in [0.3, 0.4) is 0 Å². The average Bonchev–Trinajstić information content (AvgIpc) is 2.83. The van der Waals surface area contributed by atoms with Gasteiger partial charge >= 0.3 is 0 Å². The molecular weight excluding hydrogens is 534 g/mol. The molecule has 0 fully saturated rings. The summed E-state index contributed by atoms with van der Waals surface area (Å²) in [6.07, 6.45) is 2.34. The lowest BCUT2D eigenvalue weighted by Gasteiger charge is -2.29. The fourth-order valence-electron chi connectivity index (χ4n) is 3.52. The Labute approximate surface area is 216 Å². The van der Waals surface area contributed by atoms with E-state index in [1.165, 1.54) is 4.31 Å². The van der Waals surface area contributed by atoms with Gasteiger partial charge in [0.2, 0.25) is 21.8 Å². The SMILES string of the molecule is CCCNC(=O)C(C)N(Cc1ccc(Br)cc1)C(=O)CCCN(c1ccc(OC)cc1)S(C)(=O)=O. The molecule has 2 aromatic carbocycles. The number of carbonyl (C=O) groups excluding carboxylic acids is 2. The minimum absolute atomic E-state index is 0.101. The topological polar surface area (TPSA) is 96.0 Å². The highest BCUT2D eigenvalue weighted by atomic mass is 79.9. The van der Waals surface area contributed by atoms with Crippen LogP contribution in [0.15, 0.2) is 53.0 Å². The highest BCUT2D eigenvalue weighted by molar-refractivity contribution is 9.10. The van der Waals surface area contributed by atoms with Gasteiger partial charge < -0.3 is 15.0 Å². The zero-order valence-electron chi connectivity index (χ0n) is 20.7. The molecule has 0 aliphatic carbocycles. The van der Waals surface area contributed by atoms with E-state index in [2.05, 4.69) is 21.2 Å². The first-order valence-electron chi connectivity index (χ1n) is 11.5. The molecule has 1 unspecified atom stereocenters. The maximum Gasteiger partial charge on any atom is 0.242 e. The summed E-state index contributed by atoms with van der Waals surface area (Å²) >= 11 is 3.41. The maximum atomic E-state index is 13.2. The first-order chi connectivity index (χ1) is 16.6. The van der Waals surface area contributed by atoms with Crippen LogP contribution in [0.5, 0.6) is 5.75 Å². The minimum Gasteiger partial charge on any atom is -0.497 e. The number of amides is 2. The van der Waals surface area contributed by atoms with Crippen LogP contribution < -0.4 is 14.4 Å². The van der Waals surface area contributed by atoms with Gasteiger partial charge in [-0.2, -0.15) is 0 Å². The number of hydrogen-bond donors (Lipinski definition) is 1. The number of halogens is 1. The van der Waals surface area contributed by atoms with Crippen LogP contribution in [-0.4, -0.2) is 57.6 Å². The Bertz CT molecular complexity index is 1080. The predicted molar refractivity (Wildman–Crippen MR) is 142 cm³/mol. The van der Waals surface area contributed by atoms with Gasteiger partial charge in [-0.15, -0.1) is 0 Å². The van der Waals surface area contributed by atoms with Crippen LogP contribution in [0.4, 0.5) is 5.69 Å². The summed E-state index contributed by atoms with van der Waals surface area (Å²) in [6.45, 7) is 4.63. The van der Waals surface area contributed by atoms with Gasteiger partial charge in [0.1, 0.15) is 11.8 Å². The van der Waals surface area contributed by atoms with Crippen LogP contribution in [0, 0.1) is 0 Å². The van der Waals surface area contributed by atoms with Crippen molar-refractivity contribution in [2.45, 2.75) is 45.7 Å². The van der Waals surface area contributed by atoms with E-state index in [0.717, 1.165) is 22.7 Å². The number of nitrogens with zero attached hydrogens (tertiary/aromatic N) is 2. The Balaban J connectivity index is 2.14. The summed E-state index contributed by atoms with van der Waals surface area (Å²) in [5, 5.41) is 2.85. The maximum absolute atomic E-state index is 13.2. The number of anilines is 1. The van der Waals surface area contributed by atoms with Gasteiger partial charge in [0.25, 0.3) is 0 Å². The summed E-state index contributed by atoms with van der Waals surface area (Å²) < 4.78 is 32.1. The molecule has 1 atom stereocenters. The van der Waals surface area contributed by atoms with Crippen LogP contribution in [0.2, 0.25) is 0 Å². The molecule has 192 valence electrons. The van der Waals surface area contributed by atoms with Crippen molar-refractivity contribution in [3.05, 3.63) is 58.6 Å². The third-order valence-corrected chi connectivity index (χ3v) is 7.22. The third-order valence-electron chi connectivity index (χ3n) is 5.50. The largest absolute Gasteiger partial charge is 0.497 e. The molecule has 1 N–H and O–H groups in total. The molecule has 0 aromatic heterocycles. The van der Waals surface area contributed by atoms with Crippen LogP contribution >= 0.6 is 15.9 Å². The van der Waals surface area contributed by atoms with Gasteiger partial charge in [-0.3, -0.25) is 13.9 Å². The van der Waals surface area contributed by atoms with Crippen LogP contribution in [-0.2, 0) is 26.2 Å². The lowest BCUT2D eigenvalue weighted by Crippen LogP contribution is -2.47. The number of rotatable bonds is 13. The normalized spacial score (nSPS) is 12.0. The molecule has 10 heteroatoms. The van der Waals surface area contributed by atoms with E-state index < -0.39 is 16.1 Å². The summed E-state index contributed by atoms with van der Waals surface area (Å²) in [5.74, 6) is 0.194. The van der Waals surface area contributed by atoms with Gasteiger partial charge in [0.05, 0.1) is 19.1 Å². The first kappa shape index (κ1) is 28.6. The monoisotopic (exact) mass is 567 g/mol. The van der Waals surface area contributed by atoms with Crippen molar-refractivity contribution >= 4 is 43.5 Å². The van der Waals surface area contributed by atoms with E-state index in [9.17, 15) is 18.0 Å². The zero-order chi connectivity index (χ0) is 26.0. The van der Waals surface area contributed by atoms with Crippen molar-refractivity contribution in [3.8, 4) is 5.75 Å². The van der Waals surface area contributed by atoms with Crippen molar-refractivity contribution < 1.29 is 22.7 Å². The van der Waals surface area contributed by atoms with E-state index in [4.69, 9.17) is 4.74 Å². The van der Waals surface area contributed by atoms with E-state index in [-0.39, 0.29) is 31.3 Å². The third kappa shape index (κ3) is 8.85. The van der Waals surface area contributed by atoms with Gasteiger partial charge in [-0.1, -0.05) is 35.0 Å². The number of methoxy groups -OCH3 is 1. The number of ether oxygens (including phenoxy) is 1. The molecule has 0 aliphatic rings. The zero-order valence-corrected chi connectivity index (χ0v) is 23.1. The van der Waals surface area contributed by atoms with Crippen molar-refractivity contribution in [3.63, 3.8) is 0 Å². The number of sulfonamides is 1. The van der Waals surface area contributed by atoms with Crippen LogP contribution in [0.25, 0.3) is 0 Å². The van der Waals surface area contributed by atoms with E-state index in [1.807, 2.05) is 31.2 Å². The first-order valence-corrected chi connectivity index (χ1v) is 14.1. The van der Waals surface area contributed by atoms with Crippen LogP contribution in [0.1, 0.15) is 38.7 Å². The van der Waals surface area contributed by atoms with Gasteiger partial charge in [0.15, 0.2) is 0 Å². The predicted octanol–water partition coefficient (Wildman–Crippen LogP) is 3.95. The Morgan fingerprint density at radius 3 is 2.26 bits per heavy atom. The Morgan fingerprint density at radius 1 is 1.09 bits per heavy atom. The molecule has 0 radical (unpaired) electrons. The van der Waals surface area contributed by atoms with E-state index in [1.54, 1.807) is 43.2 Å². The molecule has 0 spiro atoms. The molecule has 2 amide bonds. The summed E-state index contributed by atoms with van der Waals surface area (Å²) in [6, 6.07) is 13.6. The molecule has 0 heterocycles. The second-order valence-corrected chi connectivity index (χ2v) is 11.1. The number of nitrogens with one attached hydrogen (secondary N) is 1. The smallest absolute Gasteiger partial charge is 0.242 e. The second-order valence-electron chi connectivity index (χ2n) is 8.25. The Hall–Kier alpha value is -2.59. The van der Waals surface area contributed by atoms with Crippen molar-refractivity contribution in [1.82, 2.24) is 10.2 Å². The molecule has 2 aromatic rings. The van der Waals surface area contributed by atoms with Crippen molar-refractivity contribution in [2.24, 2.45) is 0 Å². The molecule has 8 nitrogen and oxygen atoms in total. The van der Waals surface area contributed by atoms with Crippen molar-refractivity contribution in [2.75, 3.05) is 30.8 Å². The minimum atomic E-state index is -3.55. The molecule has 0 saturated heterocycles. The molecule has 0 bridgehead atoms. The molecule has 35 heavy (non-hydrogen) atoms. The number of hydrogen-bond acceptors (Lipinski definition) is 5. The standard InChI is InChI=1S/C25H34BrN3O5S/c1-5-16-27-25(31)19(2)28(18-20-8-10-21(26)11-9-20)24(30)7-6-17-29(35(4,32)33)22-12-14-23(34-3)15-13-22/h8-15,19H,5-7,16-18H2,1-4H3,(H,27,31). The molecule has 0 aliphatic heterocycles. The highest BCUT2D eigenvalue weighted by Gasteiger charge is 2.26. The fraction of sp³-hybridized carbons (Fsp3) is 0.440. The van der Waals surface area contributed by atoms with E-state index in [0.29, 0.717) is 24.4 Å². The second kappa shape index (κ2) is 13.5. The average molecular weight is 569 g/mol. The van der Waals surface area contributed by atoms with Gasteiger partial charge in [-0.05, 0) is 61.7 Å². The Kier molecular flexibility index (Phi) is 11.0. The van der Waals surface area contributed by atoms with E-state index >= 15 is 0 Å². The summed E-state index contributed by atoms with van der Waals surface area (Å²) in [7, 11) is -2.01. The lowest BCUT2D eigenvalue weighted by molar-refractivity contribution is -0.140. The Morgan fingerprint density at radius 2 is 1.71 bits per heavy atom. The van der Waals surface area contributed by atoms with Crippen molar-refractivity contribution in [1.29, 1.82) is 0 Å². The number of benzene rings is 2. The summed E-state index contributed by atoms with van der Waals surface area (Å²) in [5.41, 5.74) is 1.40. The number of carbonyl (C=O) groups is 2. The van der Waals surface area contributed by atoms with Gasteiger partial charge in [0, 0.05) is 30.5 Å². The molecular formula is C25H34BrN3O5S. The molecule has 2 rings (SSSR count). The molecule has 0 saturated carbocycles. The quantitative estimate of drug-likeness (QED) is 0.395.